The summed E-state index contributed by atoms with van der Waals surface area (Å²) in [6, 6.07) is 46.1. The quantitative estimate of drug-likeness (QED) is 0.152. The molecule has 0 saturated heterocycles. The molecule has 716 valence electrons. The Morgan fingerprint density at radius 2 is 0.559 bits per heavy atom. The predicted octanol–water partition coefficient (Wildman–Crippen LogP) is 23.1. The Morgan fingerprint density at radius 1 is 0.297 bits per heavy atom. The van der Waals surface area contributed by atoms with E-state index in [4.69, 9.17) is 93.2 Å². The van der Waals surface area contributed by atoms with Gasteiger partial charge in [-0.05, 0) is 203 Å². The van der Waals surface area contributed by atoms with Gasteiger partial charge in [0.25, 0.3) is 0 Å². The number of nitrogens with zero attached hydrogens (tertiary/aromatic N) is 22. The molecule has 5 aliphatic rings. The fraction of sp³-hybridized carbons (Fsp3) is 0.180. The van der Waals surface area contributed by atoms with Crippen LogP contribution in [0.2, 0.25) is 25.1 Å². The minimum atomic E-state index is -0.173. The Balaban J connectivity index is 0.000000115. The number of aromatic nitrogens is 17. The van der Waals surface area contributed by atoms with Crippen molar-refractivity contribution in [2.45, 2.75) is 121 Å². The molecule has 24 nitrogen and oxygen atoms in total. The Hall–Kier alpha value is -14.7. The minimum Gasteiger partial charge on any atom is -0.384 e. The number of halogens is 5. The molecule has 18 heterocycles. The van der Waals surface area contributed by atoms with Crippen LogP contribution in [-0.4, -0.2) is 135 Å². The molecule has 0 aliphatic carbocycles. The minimum absolute atomic E-state index is 0.128. The van der Waals surface area contributed by atoms with E-state index in [1.165, 1.54) is 6.33 Å². The molecule has 0 bridgehead atoms. The molecule has 145 heavy (non-hydrogen) atoms. The first kappa shape index (κ1) is 99.1. The monoisotopic (exact) mass is 2090 g/mol. The smallest absolute Gasteiger partial charge is 0.162 e. The van der Waals surface area contributed by atoms with E-state index in [1.54, 1.807) is 93.9 Å². The Bertz CT molecular complexity index is 8380. The summed E-state index contributed by atoms with van der Waals surface area (Å²) in [4.78, 5) is 55.0. The average molecular weight is 2100 g/mol. The molecule has 2 N–H and O–H groups in total. The summed E-state index contributed by atoms with van der Waals surface area (Å²) in [7, 11) is 0. The number of imidazole rings is 2. The van der Waals surface area contributed by atoms with E-state index < -0.39 is 0 Å². The third kappa shape index (κ3) is 20.3. The van der Waals surface area contributed by atoms with Gasteiger partial charge in [0.2, 0.25) is 0 Å². The lowest BCUT2D eigenvalue weighted by Crippen LogP contribution is -2.07. The summed E-state index contributed by atoms with van der Waals surface area (Å²) < 4.78 is 10.6. The van der Waals surface area contributed by atoms with E-state index in [0.717, 1.165) is 236 Å². The number of benzene rings is 5. The van der Waals surface area contributed by atoms with Crippen molar-refractivity contribution in [3.05, 3.63) is 409 Å². The van der Waals surface area contributed by atoms with E-state index >= 15 is 0 Å². The van der Waals surface area contributed by atoms with Crippen molar-refractivity contribution >= 4 is 143 Å². The van der Waals surface area contributed by atoms with Crippen molar-refractivity contribution in [2.24, 2.45) is 25.0 Å². The second-order valence-corrected chi connectivity index (χ2v) is 41.0. The summed E-state index contributed by atoms with van der Waals surface area (Å²) in [5.74, 6) is 38.2. The molecular formula is C111H85Cl5N22O2S5. The van der Waals surface area contributed by atoms with Crippen molar-refractivity contribution < 1.29 is 10.2 Å². The largest absolute Gasteiger partial charge is 0.384 e. The number of thiophene rings is 5. The maximum Gasteiger partial charge on any atom is 0.162 e. The van der Waals surface area contributed by atoms with Crippen molar-refractivity contribution in [3.8, 4) is 84.2 Å². The summed E-state index contributed by atoms with van der Waals surface area (Å²) >= 11 is 38.7. The SMILES string of the molecule is Cc1c(C#CCO)sc2c1C(c1ccc(Cl)cc1)=NCc1cnc(C)n1-2.Cc1c(C#CCO)sc2c1C(c1ccc(Cl)cc1)=N[C@@H](C)c1nnc(C)n1-2.Cc1c(C#Cc2ccncc2)sc2c1C(c1ccc(Cl)cc1)=NCc1cnc(C)n1-2.Cc1c(C#Cc2ccncc2)sc2c1C(c1ccc(Cl)cc1)=N[C@@H](C)c1nnc(C)n1-2.Cc1c(C#Cc2cncnc2)sc2c1C(c1ccc(Cl)cc1)=N[C@@H](C)c1nnc(C)n1-2. The molecule has 0 spiro atoms. The first-order chi connectivity index (χ1) is 70.3. The topological polar surface area (TPSA) is 282 Å². The van der Waals surface area contributed by atoms with Gasteiger partial charge in [-0.25, -0.2) is 19.9 Å². The molecule has 5 aliphatic heterocycles. The summed E-state index contributed by atoms with van der Waals surface area (Å²) in [5.41, 5.74) is 25.2. The second kappa shape index (κ2) is 43.1. The first-order valence-electron chi connectivity index (χ1n) is 45.7. The van der Waals surface area contributed by atoms with Gasteiger partial charge in [-0.1, -0.05) is 178 Å². The fourth-order valence-corrected chi connectivity index (χ4v) is 24.0. The van der Waals surface area contributed by atoms with E-state index in [-0.39, 0.29) is 31.3 Å². The zero-order valence-corrected chi connectivity index (χ0v) is 88.1. The van der Waals surface area contributed by atoms with E-state index in [9.17, 15) is 0 Å². The fourth-order valence-electron chi connectivity index (χ4n) is 17.2. The van der Waals surface area contributed by atoms with Crippen LogP contribution in [0, 0.1) is 128 Å². The highest BCUT2D eigenvalue weighted by atomic mass is 35.5. The lowest BCUT2D eigenvalue weighted by atomic mass is 9.99. The van der Waals surface area contributed by atoms with Gasteiger partial charge in [0.1, 0.15) is 91.8 Å². The Labute approximate surface area is 882 Å². The average Bonchev–Trinajstić information content (AvgIpc) is 1.60. The van der Waals surface area contributed by atoms with Crippen molar-refractivity contribution in [2.75, 3.05) is 13.2 Å². The van der Waals surface area contributed by atoms with Gasteiger partial charge >= 0.3 is 0 Å². The van der Waals surface area contributed by atoms with Gasteiger partial charge in [0.15, 0.2) is 17.5 Å². The number of pyridine rings is 2. The van der Waals surface area contributed by atoms with Gasteiger partial charge in [-0.3, -0.25) is 57.8 Å². The molecule has 23 rings (SSSR count). The highest BCUT2D eigenvalue weighted by Gasteiger charge is 2.36. The standard InChI is InChI=1S/C24H18ClN5S.C24H17ClN4S.C23H17ClN6S.C20H17ClN4OS.C20H16ClN3OS/c1-14-20(9-4-17-10-12-26-13-11-17)31-24-21(14)22(18-5-7-19(25)8-6-18)27-15(2)23-29-28-16(3)30(23)24;1-15-21(8-3-17-9-11-26-12-10-17)30-24-22(15)23(18-4-6-19(25)7-5-18)28-14-20-13-27-16(2)29(20)24;1-13-19(9-4-16-10-25-12-26-11-16)31-23-20(13)21(17-5-7-18(24)8-6-17)27-14(2)22-29-28-15(3)30(22)23;1-11-16(5-4-10-26)27-20-17(11)18(14-6-8-15(21)9-7-14)22-12(2)19-24-23-13(3)25(19)20;1-12-17(4-3-9-25)26-20-18(12)19(14-5-7-15(21)8-6-14)23-11-16-10-22-13(2)24(16)20/h5-8,10-13,15H,1-3H3;4-7,9-13H,14H2,1-2H3;5-8,10-12,14H,1-3H3;6-9,12,26H,10H2,1-3H3;5-8,10,25H,9,11H2,1-2H3/t15-;;14-;12-;/m0.00./s1. The number of aliphatic hydroxyl groups is 2. The van der Waals surface area contributed by atoms with Gasteiger partial charge in [0, 0.05) is 129 Å². The molecule has 0 radical (unpaired) electrons. The van der Waals surface area contributed by atoms with Crippen LogP contribution >= 0.6 is 115 Å². The molecule has 0 saturated carbocycles. The van der Waals surface area contributed by atoms with Crippen LogP contribution in [0.3, 0.4) is 0 Å². The maximum atomic E-state index is 9.10. The van der Waals surface area contributed by atoms with Crippen LogP contribution in [0.15, 0.2) is 226 Å². The molecule has 3 atom stereocenters. The second-order valence-electron chi connectivity index (χ2n) is 33.9. The van der Waals surface area contributed by atoms with Crippen LogP contribution in [0.1, 0.15) is 221 Å². The zero-order valence-electron chi connectivity index (χ0n) is 80.3. The van der Waals surface area contributed by atoms with E-state index in [0.29, 0.717) is 38.2 Å². The van der Waals surface area contributed by atoms with E-state index in [2.05, 4.69) is 170 Å². The lowest BCUT2D eigenvalue weighted by Gasteiger charge is -2.09. The molecule has 34 heteroatoms. The van der Waals surface area contributed by atoms with Crippen LogP contribution in [0.25, 0.3) is 25.0 Å². The first-order valence-corrected chi connectivity index (χ1v) is 51.7. The summed E-state index contributed by atoms with van der Waals surface area (Å²) in [5, 5.41) is 53.0. The Kier molecular flexibility index (Phi) is 29.4. The van der Waals surface area contributed by atoms with Crippen molar-refractivity contribution in [1.29, 1.82) is 0 Å². The highest BCUT2D eigenvalue weighted by Crippen LogP contribution is 2.46. The number of hydrogen-bond donors (Lipinski definition) is 2. The van der Waals surface area contributed by atoms with Gasteiger partial charge in [-0.15, -0.1) is 87.3 Å². The highest BCUT2D eigenvalue weighted by molar-refractivity contribution is 7.17. The number of aliphatic imine (C=N–C) groups is 5. The molecule has 0 fully saturated rings. The molecular weight excluding hydrogens is 2010 g/mol. The maximum absolute atomic E-state index is 9.10. The predicted molar refractivity (Wildman–Crippen MR) is 582 cm³/mol. The third-order valence-corrected chi connectivity index (χ3v) is 31.6. The number of fused-ring (bicyclic) bond motifs is 15. The molecule has 0 unspecified atom stereocenters. The van der Waals surface area contributed by atoms with Gasteiger partial charge < -0.3 is 10.2 Å². The zero-order chi connectivity index (χ0) is 101. The van der Waals surface area contributed by atoms with E-state index in [1.807, 2.05) is 220 Å². The van der Waals surface area contributed by atoms with Crippen molar-refractivity contribution in [3.63, 3.8) is 0 Å². The number of aryl methyl sites for hydroxylation is 5. The molecule has 0 amide bonds. The van der Waals surface area contributed by atoms with Crippen LogP contribution in [0.5, 0.6) is 0 Å². The number of hydrogen-bond acceptors (Lipinski definition) is 24. The van der Waals surface area contributed by atoms with Gasteiger partial charge in [-0.2, -0.15) is 0 Å². The number of aliphatic hydroxyl groups excluding tert-OH is 2. The normalized spacial score (nSPS) is 13.9. The van der Waals surface area contributed by atoms with Crippen LogP contribution in [0.4, 0.5) is 0 Å². The van der Waals surface area contributed by atoms with Crippen LogP contribution < -0.4 is 0 Å². The molecule has 18 aromatic rings. The molecule has 5 aromatic carbocycles. The molecule has 13 aromatic heterocycles. The summed E-state index contributed by atoms with van der Waals surface area (Å²) in [6.07, 6.45) is 15.7. The lowest BCUT2D eigenvalue weighted by molar-refractivity contribution is 0.350. The number of rotatable bonds is 5. The van der Waals surface area contributed by atoms with Crippen LogP contribution in [-0.2, 0) is 13.1 Å². The summed E-state index contributed by atoms with van der Waals surface area (Å²) in [6.45, 7) is 27.2. The van der Waals surface area contributed by atoms with Gasteiger partial charge in [0.05, 0.1) is 95.4 Å². The third-order valence-electron chi connectivity index (χ3n) is 24.3. The Morgan fingerprint density at radius 3 is 0.848 bits per heavy atom. The van der Waals surface area contributed by atoms with Crippen molar-refractivity contribution in [1.82, 2.24) is 83.3 Å².